The number of hydrogen-bond donors (Lipinski definition) is 2. The molecule has 116 valence electrons. The Balaban J connectivity index is 2.82. The first-order valence-corrected chi connectivity index (χ1v) is 7.00. The van der Waals surface area contributed by atoms with Gasteiger partial charge in [0.1, 0.15) is 11.3 Å². The topological polar surface area (TPSA) is 78.9 Å². The fourth-order valence-electron chi connectivity index (χ4n) is 1.90. The van der Waals surface area contributed by atoms with E-state index < -0.39 is 5.97 Å². The van der Waals surface area contributed by atoms with Crippen LogP contribution in [-0.4, -0.2) is 42.2 Å². The first-order valence-electron chi connectivity index (χ1n) is 7.00. The van der Waals surface area contributed by atoms with Gasteiger partial charge in [0, 0.05) is 24.8 Å². The molecule has 0 saturated carbocycles. The average molecular weight is 294 g/mol. The van der Waals surface area contributed by atoms with E-state index in [2.05, 4.69) is 12.2 Å². The fourth-order valence-corrected chi connectivity index (χ4v) is 1.90. The molecule has 2 N–H and O–H groups in total. The van der Waals surface area contributed by atoms with Crippen LogP contribution >= 0.6 is 0 Å². The second-order valence-electron chi connectivity index (χ2n) is 4.58. The van der Waals surface area contributed by atoms with Crippen LogP contribution in [0.3, 0.4) is 0 Å². The maximum Gasteiger partial charge on any atom is 0.339 e. The van der Waals surface area contributed by atoms with Crippen LogP contribution in [0.5, 0.6) is 5.75 Å². The lowest BCUT2D eigenvalue weighted by atomic mass is 10.2. The third-order valence-electron chi connectivity index (χ3n) is 3.13. The van der Waals surface area contributed by atoms with Gasteiger partial charge in [-0.05, 0) is 25.5 Å². The third kappa shape index (κ3) is 4.66. The summed E-state index contributed by atoms with van der Waals surface area (Å²) in [6.45, 7) is 5.31. The number of aromatic carboxylic acids is 1. The summed E-state index contributed by atoms with van der Waals surface area (Å²) in [5.41, 5.74) is 0.575. The molecule has 0 heterocycles. The number of unbranched alkanes of at least 4 members (excludes halogenated alkanes) is 1. The molecular formula is C15H22N2O4. The molecule has 0 aliphatic carbocycles. The molecule has 1 rings (SSSR count). The number of nitrogens with zero attached hydrogens (tertiary/aromatic N) is 1. The number of carbonyl (C=O) groups excluding carboxylic acids is 1. The number of anilines is 1. The van der Waals surface area contributed by atoms with Gasteiger partial charge in [0.2, 0.25) is 0 Å². The monoisotopic (exact) mass is 294 g/mol. The predicted octanol–water partition coefficient (Wildman–Crippen LogP) is 3.05. The SMILES string of the molecule is CCCCN(CC)C(=O)Nc1ccc(C(=O)O)c(OC)c1. The summed E-state index contributed by atoms with van der Waals surface area (Å²) in [6, 6.07) is 4.28. The molecule has 0 bridgehead atoms. The largest absolute Gasteiger partial charge is 0.496 e. The highest BCUT2D eigenvalue weighted by atomic mass is 16.5. The van der Waals surface area contributed by atoms with E-state index >= 15 is 0 Å². The minimum absolute atomic E-state index is 0.0637. The summed E-state index contributed by atoms with van der Waals surface area (Å²) >= 11 is 0. The smallest absolute Gasteiger partial charge is 0.339 e. The molecule has 0 aromatic heterocycles. The molecule has 6 heteroatoms. The molecule has 0 saturated heterocycles. The molecular weight excluding hydrogens is 272 g/mol. The van der Waals surface area contributed by atoms with E-state index in [0.717, 1.165) is 12.8 Å². The standard InChI is InChI=1S/C15H22N2O4/c1-4-6-9-17(5-2)15(20)16-11-7-8-12(14(18)19)13(10-11)21-3/h7-8,10H,4-6,9H2,1-3H3,(H,16,20)(H,18,19). The Hall–Kier alpha value is -2.24. The number of benzene rings is 1. The van der Waals surface area contributed by atoms with E-state index in [-0.39, 0.29) is 17.3 Å². The second kappa shape index (κ2) is 8.14. The minimum Gasteiger partial charge on any atom is -0.496 e. The summed E-state index contributed by atoms with van der Waals surface area (Å²) < 4.78 is 5.03. The van der Waals surface area contributed by atoms with Crippen LogP contribution in [0.25, 0.3) is 0 Å². The molecule has 0 aliphatic rings. The Morgan fingerprint density at radius 3 is 2.57 bits per heavy atom. The first kappa shape index (κ1) is 16.8. The summed E-state index contributed by atoms with van der Waals surface area (Å²) in [5.74, 6) is -0.847. The molecule has 0 radical (unpaired) electrons. The average Bonchev–Trinajstić information content (AvgIpc) is 2.47. The quantitative estimate of drug-likeness (QED) is 0.810. The van der Waals surface area contributed by atoms with E-state index in [1.54, 1.807) is 11.0 Å². The van der Waals surface area contributed by atoms with E-state index in [9.17, 15) is 9.59 Å². The Labute approximate surface area is 124 Å². The summed E-state index contributed by atoms with van der Waals surface area (Å²) in [7, 11) is 1.40. The highest BCUT2D eigenvalue weighted by Crippen LogP contribution is 2.23. The van der Waals surface area contributed by atoms with Crippen LogP contribution in [0.4, 0.5) is 10.5 Å². The van der Waals surface area contributed by atoms with Crippen molar-refractivity contribution in [3.63, 3.8) is 0 Å². The fraction of sp³-hybridized carbons (Fsp3) is 0.467. The lowest BCUT2D eigenvalue weighted by molar-refractivity contribution is 0.0693. The van der Waals surface area contributed by atoms with Crippen LogP contribution in [-0.2, 0) is 0 Å². The number of carboxylic acid groups (broad SMARTS) is 1. The minimum atomic E-state index is -1.07. The maximum absolute atomic E-state index is 12.1. The van der Waals surface area contributed by atoms with Crippen molar-refractivity contribution >= 4 is 17.7 Å². The summed E-state index contributed by atoms with van der Waals surface area (Å²) in [4.78, 5) is 24.8. The Bertz CT molecular complexity index is 502. The van der Waals surface area contributed by atoms with Crippen LogP contribution in [0.15, 0.2) is 18.2 Å². The van der Waals surface area contributed by atoms with Gasteiger partial charge in [0.25, 0.3) is 0 Å². The van der Waals surface area contributed by atoms with Crippen molar-refractivity contribution in [2.24, 2.45) is 0 Å². The predicted molar refractivity (Wildman–Crippen MR) is 81.1 cm³/mol. The van der Waals surface area contributed by atoms with E-state index in [1.807, 2.05) is 6.92 Å². The second-order valence-corrected chi connectivity index (χ2v) is 4.58. The number of urea groups is 1. The van der Waals surface area contributed by atoms with Gasteiger partial charge < -0.3 is 20.1 Å². The zero-order chi connectivity index (χ0) is 15.8. The van der Waals surface area contributed by atoms with Crippen molar-refractivity contribution < 1.29 is 19.4 Å². The molecule has 0 spiro atoms. The number of rotatable bonds is 7. The van der Waals surface area contributed by atoms with Crippen LogP contribution in [0.2, 0.25) is 0 Å². The number of amides is 2. The number of ether oxygens (including phenoxy) is 1. The van der Waals surface area contributed by atoms with Crippen molar-refractivity contribution in [1.82, 2.24) is 4.90 Å². The van der Waals surface area contributed by atoms with Gasteiger partial charge in [0.15, 0.2) is 0 Å². The van der Waals surface area contributed by atoms with E-state index in [0.29, 0.717) is 18.8 Å². The van der Waals surface area contributed by atoms with Crippen molar-refractivity contribution in [2.45, 2.75) is 26.7 Å². The summed E-state index contributed by atoms with van der Waals surface area (Å²) in [5, 5.41) is 11.8. The molecule has 0 fully saturated rings. The zero-order valence-electron chi connectivity index (χ0n) is 12.7. The molecule has 1 aromatic carbocycles. The number of carbonyl (C=O) groups is 2. The Morgan fingerprint density at radius 2 is 2.05 bits per heavy atom. The Morgan fingerprint density at radius 1 is 1.33 bits per heavy atom. The van der Waals surface area contributed by atoms with Gasteiger partial charge in [-0.25, -0.2) is 9.59 Å². The number of carboxylic acids is 1. The lowest BCUT2D eigenvalue weighted by Crippen LogP contribution is -2.35. The van der Waals surface area contributed by atoms with Crippen molar-refractivity contribution in [1.29, 1.82) is 0 Å². The van der Waals surface area contributed by atoms with Crippen LogP contribution in [0.1, 0.15) is 37.0 Å². The van der Waals surface area contributed by atoms with Gasteiger partial charge in [-0.1, -0.05) is 13.3 Å². The van der Waals surface area contributed by atoms with Crippen LogP contribution < -0.4 is 10.1 Å². The molecule has 2 amide bonds. The summed E-state index contributed by atoms with van der Waals surface area (Å²) in [6.07, 6.45) is 1.97. The zero-order valence-corrected chi connectivity index (χ0v) is 12.7. The van der Waals surface area contributed by atoms with Crippen LogP contribution in [0, 0.1) is 0 Å². The third-order valence-corrected chi connectivity index (χ3v) is 3.13. The number of hydrogen-bond acceptors (Lipinski definition) is 3. The van der Waals surface area contributed by atoms with Crippen molar-refractivity contribution in [2.75, 3.05) is 25.5 Å². The maximum atomic E-state index is 12.1. The Kier molecular flexibility index (Phi) is 6.52. The molecule has 1 aromatic rings. The molecule has 6 nitrogen and oxygen atoms in total. The van der Waals surface area contributed by atoms with Crippen molar-refractivity contribution in [3.05, 3.63) is 23.8 Å². The number of methoxy groups -OCH3 is 1. The normalized spacial score (nSPS) is 10.0. The first-order chi connectivity index (χ1) is 10.0. The molecule has 0 atom stereocenters. The van der Waals surface area contributed by atoms with Gasteiger partial charge in [-0.3, -0.25) is 0 Å². The molecule has 0 aliphatic heterocycles. The van der Waals surface area contributed by atoms with E-state index in [1.165, 1.54) is 19.2 Å². The van der Waals surface area contributed by atoms with Gasteiger partial charge >= 0.3 is 12.0 Å². The highest BCUT2D eigenvalue weighted by Gasteiger charge is 2.14. The molecule has 21 heavy (non-hydrogen) atoms. The highest BCUT2D eigenvalue weighted by molar-refractivity contribution is 5.94. The van der Waals surface area contributed by atoms with Gasteiger partial charge in [-0.2, -0.15) is 0 Å². The van der Waals surface area contributed by atoms with Gasteiger partial charge in [0.05, 0.1) is 7.11 Å². The van der Waals surface area contributed by atoms with E-state index in [4.69, 9.17) is 9.84 Å². The molecule has 0 unspecified atom stereocenters. The number of nitrogens with one attached hydrogen (secondary N) is 1. The van der Waals surface area contributed by atoms with Gasteiger partial charge in [-0.15, -0.1) is 0 Å². The lowest BCUT2D eigenvalue weighted by Gasteiger charge is -2.21. The van der Waals surface area contributed by atoms with Crippen molar-refractivity contribution in [3.8, 4) is 5.75 Å².